The average molecular weight is 356 g/mol. The lowest BCUT2D eigenvalue weighted by Gasteiger charge is -2.23. The Hall–Kier alpha value is -2.12. The molecule has 0 amide bonds. The Balaban J connectivity index is 1.54. The molecule has 1 aliphatic carbocycles. The number of hydrogen-bond donors (Lipinski definition) is 2. The van der Waals surface area contributed by atoms with E-state index in [2.05, 4.69) is 21.7 Å². The summed E-state index contributed by atoms with van der Waals surface area (Å²) < 4.78 is 0. The molecule has 130 valence electrons. The number of aliphatic imine (C=N–C) groups is 1. The van der Waals surface area contributed by atoms with Crippen molar-refractivity contribution >= 4 is 29.9 Å². The number of allylic oxidation sites excluding steroid dienone is 1. The fourth-order valence-corrected chi connectivity index (χ4v) is 4.34. The highest BCUT2D eigenvalue weighted by atomic mass is 32.2. The number of benzene rings is 1. The molecule has 0 spiro atoms. The van der Waals surface area contributed by atoms with E-state index < -0.39 is 0 Å². The van der Waals surface area contributed by atoms with Crippen LogP contribution in [-0.2, 0) is 0 Å². The van der Waals surface area contributed by atoms with Crippen LogP contribution in [0.5, 0.6) is 0 Å². The topological polar surface area (TPSA) is 79.6 Å². The van der Waals surface area contributed by atoms with E-state index >= 15 is 0 Å². The Morgan fingerprint density at radius 1 is 1.44 bits per heavy atom. The van der Waals surface area contributed by atoms with E-state index in [1.807, 2.05) is 24.8 Å². The molecule has 0 radical (unpaired) electrons. The predicted octanol–water partition coefficient (Wildman–Crippen LogP) is 3.20. The number of nitrogens with zero attached hydrogens (tertiary/aromatic N) is 2. The van der Waals surface area contributed by atoms with Crippen molar-refractivity contribution in [1.29, 1.82) is 0 Å². The third-order valence-corrected chi connectivity index (χ3v) is 5.97. The molecule has 1 aromatic rings. The molecule has 2 N–H and O–H groups in total. The minimum absolute atomic E-state index is 0.125. The fourth-order valence-electron chi connectivity index (χ4n) is 3.06. The molecule has 1 aromatic carbocycles. The number of rotatable bonds is 5. The van der Waals surface area contributed by atoms with Crippen LogP contribution in [0.2, 0.25) is 0 Å². The minimum atomic E-state index is -0.353. The summed E-state index contributed by atoms with van der Waals surface area (Å²) in [6, 6.07) is 5.60. The fraction of sp³-hybridized carbons (Fsp3) is 0.389. The van der Waals surface area contributed by atoms with Crippen LogP contribution in [0, 0.1) is 23.0 Å². The number of non-ortho nitro benzene ring substituents is 1. The SMILES string of the molecule is Cc1ccc([N+](=O)[O-])cc1/C=C/C1CSC2=C1N=CNC2NC1CC1. The van der Waals surface area contributed by atoms with Crippen LogP contribution >= 0.6 is 11.8 Å². The van der Waals surface area contributed by atoms with Crippen LogP contribution in [0.25, 0.3) is 6.08 Å². The normalized spacial score (nSPS) is 25.3. The Labute approximate surface area is 150 Å². The van der Waals surface area contributed by atoms with Crippen LogP contribution in [0.15, 0.2) is 39.9 Å². The minimum Gasteiger partial charge on any atom is -0.356 e. The van der Waals surface area contributed by atoms with Gasteiger partial charge in [0, 0.05) is 34.8 Å². The third-order valence-electron chi connectivity index (χ3n) is 4.69. The highest BCUT2D eigenvalue weighted by Gasteiger charge is 2.34. The summed E-state index contributed by atoms with van der Waals surface area (Å²) in [5, 5.41) is 17.9. The monoisotopic (exact) mass is 356 g/mol. The standard InChI is InChI=1S/C18H20N4O2S/c1-11-2-7-15(22(23)24)8-12(11)3-4-13-9-25-17-16(13)19-10-20-18(17)21-14-5-6-14/h2-4,7-8,10,13-14,18,21H,5-6,9H2,1H3,(H,19,20)/b4-3+. The average Bonchev–Trinajstić information content (AvgIpc) is 3.31. The number of nitro groups is 1. The number of nitro benzene ring substituents is 1. The summed E-state index contributed by atoms with van der Waals surface area (Å²) in [7, 11) is 0. The molecule has 0 aromatic heterocycles. The Morgan fingerprint density at radius 3 is 3.04 bits per heavy atom. The van der Waals surface area contributed by atoms with Crippen molar-refractivity contribution in [2.45, 2.75) is 32.0 Å². The molecular weight excluding hydrogens is 336 g/mol. The van der Waals surface area contributed by atoms with E-state index in [-0.39, 0.29) is 22.7 Å². The van der Waals surface area contributed by atoms with E-state index in [1.54, 1.807) is 24.5 Å². The number of hydrogen-bond acceptors (Lipinski definition) is 6. The van der Waals surface area contributed by atoms with Crippen LogP contribution < -0.4 is 10.6 Å². The third kappa shape index (κ3) is 3.48. The maximum Gasteiger partial charge on any atom is 0.270 e. The first kappa shape index (κ1) is 16.4. The number of aryl methyl sites for hydroxylation is 1. The Kier molecular flexibility index (Phi) is 4.35. The van der Waals surface area contributed by atoms with E-state index in [4.69, 9.17) is 0 Å². The molecule has 7 heteroatoms. The molecule has 2 atom stereocenters. The van der Waals surface area contributed by atoms with Gasteiger partial charge in [0.25, 0.3) is 5.69 Å². The van der Waals surface area contributed by atoms with Crippen molar-refractivity contribution in [2.75, 3.05) is 5.75 Å². The maximum atomic E-state index is 11.0. The second-order valence-electron chi connectivity index (χ2n) is 6.62. The zero-order chi connectivity index (χ0) is 17.4. The molecule has 1 fully saturated rings. The maximum absolute atomic E-state index is 11.0. The van der Waals surface area contributed by atoms with E-state index in [0.717, 1.165) is 22.6 Å². The van der Waals surface area contributed by atoms with Crippen molar-refractivity contribution in [3.63, 3.8) is 0 Å². The van der Waals surface area contributed by atoms with Crippen LogP contribution in [0.1, 0.15) is 24.0 Å². The van der Waals surface area contributed by atoms with Crippen molar-refractivity contribution < 1.29 is 4.92 Å². The largest absolute Gasteiger partial charge is 0.356 e. The quantitative estimate of drug-likeness (QED) is 0.626. The molecule has 2 unspecified atom stereocenters. The highest BCUT2D eigenvalue weighted by Crippen LogP contribution is 2.41. The zero-order valence-electron chi connectivity index (χ0n) is 13.9. The first-order valence-electron chi connectivity index (χ1n) is 8.46. The summed E-state index contributed by atoms with van der Waals surface area (Å²) in [5.41, 5.74) is 3.16. The molecule has 3 aliphatic rings. The first-order valence-corrected chi connectivity index (χ1v) is 9.45. The van der Waals surface area contributed by atoms with Crippen LogP contribution in [-0.4, -0.2) is 29.2 Å². The van der Waals surface area contributed by atoms with Gasteiger partial charge in [-0.25, -0.2) is 4.99 Å². The highest BCUT2D eigenvalue weighted by molar-refractivity contribution is 8.03. The molecule has 2 heterocycles. The Bertz CT molecular complexity index is 798. The van der Waals surface area contributed by atoms with Gasteiger partial charge in [-0.2, -0.15) is 0 Å². The smallest absolute Gasteiger partial charge is 0.270 e. The summed E-state index contributed by atoms with van der Waals surface area (Å²) >= 11 is 1.84. The molecule has 2 aliphatic heterocycles. The predicted molar refractivity (Wildman–Crippen MR) is 101 cm³/mol. The van der Waals surface area contributed by atoms with Gasteiger partial charge in [-0.1, -0.05) is 18.2 Å². The van der Waals surface area contributed by atoms with Gasteiger partial charge in [-0.3, -0.25) is 15.4 Å². The molecular formula is C18H20N4O2S. The lowest BCUT2D eigenvalue weighted by atomic mass is 10.0. The van der Waals surface area contributed by atoms with Crippen LogP contribution in [0.4, 0.5) is 5.69 Å². The molecule has 4 rings (SSSR count). The summed E-state index contributed by atoms with van der Waals surface area (Å²) in [6.07, 6.45) is 8.56. The second-order valence-corrected chi connectivity index (χ2v) is 7.68. The van der Waals surface area contributed by atoms with Gasteiger partial charge >= 0.3 is 0 Å². The van der Waals surface area contributed by atoms with Gasteiger partial charge in [0.05, 0.1) is 17.0 Å². The van der Waals surface area contributed by atoms with Gasteiger partial charge in [0.2, 0.25) is 0 Å². The van der Waals surface area contributed by atoms with Crippen molar-refractivity contribution in [3.8, 4) is 0 Å². The van der Waals surface area contributed by atoms with E-state index in [9.17, 15) is 10.1 Å². The van der Waals surface area contributed by atoms with Crippen LogP contribution in [0.3, 0.4) is 0 Å². The summed E-state index contributed by atoms with van der Waals surface area (Å²) in [5.74, 6) is 1.19. The zero-order valence-corrected chi connectivity index (χ0v) is 14.8. The molecule has 0 bridgehead atoms. The molecule has 6 nitrogen and oxygen atoms in total. The number of thioether (sulfide) groups is 1. The van der Waals surface area contributed by atoms with Gasteiger partial charge in [-0.15, -0.1) is 11.8 Å². The molecule has 25 heavy (non-hydrogen) atoms. The first-order chi connectivity index (χ1) is 12.1. The van der Waals surface area contributed by atoms with E-state index in [1.165, 1.54) is 17.7 Å². The van der Waals surface area contributed by atoms with Gasteiger partial charge < -0.3 is 5.32 Å². The number of nitrogens with one attached hydrogen (secondary N) is 2. The Morgan fingerprint density at radius 2 is 2.28 bits per heavy atom. The van der Waals surface area contributed by atoms with E-state index in [0.29, 0.717) is 6.04 Å². The lowest BCUT2D eigenvalue weighted by molar-refractivity contribution is -0.384. The summed E-state index contributed by atoms with van der Waals surface area (Å²) in [6.45, 7) is 1.97. The van der Waals surface area contributed by atoms with Gasteiger partial charge in [-0.05, 0) is 30.9 Å². The van der Waals surface area contributed by atoms with Gasteiger partial charge in [0.15, 0.2) is 0 Å². The lowest BCUT2D eigenvalue weighted by Crippen LogP contribution is -2.45. The van der Waals surface area contributed by atoms with Crippen molar-refractivity contribution in [3.05, 3.63) is 56.1 Å². The van der Waals surface area contributed by atoms with Crippen molar-refractivity contribution in [1.82, 2.24) is 10.6 Å². The van der Waals surface area contributed by atoms with Gasteiger partial charge in [0.1, 0.15) is 6.17 Å². The molecule has 1 saturated carbocycles. The second kappa shape index (κ2) is 6.65. The molecule has 0 saturated heterocycles. The van der Waals surface area contributed by atoms with Crippen molar-refractivity contribution in [2.24, 2.45) is 10.9 Å². The summed E-state index contributed by atoms with van der Waals surface area (Å²) in [4.78, 5) is 16.5.